The number of rotatable bonds is 20. The van der Waals surface area contributed by atoms with E-state index in [9.17, 15) is 4.79 Å². The summed E-state index contributed by atoms with van der Waals surface area (Å²) in [4.78, 5) is 10.8. The van der Waals surface area contributed by atoms with Gasteiger partial charge in [-0.25, -0.2) is 4.79 Å². The van der Waals surface area contributed by atoms with E-state index in [0.29, 0.717) is 71.9 Å². The van der Waals surface area contributed by atoms with Gasteiger partial charge in [0.15, 0.2) is 0 Å². The van der Waals surface area contributed by atoms with Gasteiger partial charge in [0.05, 0.1) is 39.6 Å². The molecule has 0 saturated heterocycles. The number of urea groups is 1. The highest BCUT2D eigenvalue weighted by atomic mass is 28.4. The number of hydrogen-bond acceptors (Lipinski definition) is 8. The summed E-state index contributed by atoms with van der Waals surface area (Å²) < 4.78 is 39.0. The van der Waals surface area contributed by atoms with Gasteiger partial charge < -0.3 is 43.3 Å². The fraction of sp³-hybridized carbons (Fsp3) is 0.941. The Hall–Kier alpha value is -0.793. The number of nitrogens with one attached hydrogen (secondary N) is 1. The van der Waals surface area contributed by atoms with Crippen molar-refractivity contribution >= 4 is 14.8 Å². The van der Waals surface area contributed by atoms with E-state index >= 15 is 0 Å². The quantitative estimate of drug-likeness (QED) is 0.169. The van der Waals surface area contributed by atoms with Gasteiger partial charge in [0.1, 0.15) is 6.29 Å². The molecule has 0 aliphatic rings. The largest absolute Gasteiger partial charge is 0.502 e. The number of hydrogen-bond donors (Lipinski definition) is 2. The molecule has 0 radical (unpaired) electrons. The van der Waals surface area contributed by atoms with E-state index in [1.807, 2.05) is 13.8 Å². The van der Waals surface area contributed by atoms with Crippen LogP contribution in [0.25, 0.3) is 0 Å². The number of methoxy groups -OCH3 is 1. The van der Waals surface area contributed by atoms with E-state index in [1.54, 1.807) is 14.0 Å². The fourth-order valence-electron chi connectivity index (χ4n) is 2.29. The van der Waals surface area contributed by atoms with Crippen molar-refractivity contribution in [2.45, 2.75) is 39.5 Å². The van der Waals surface area contributed by atoms with Crippen LogP contribution >= 0.6 is 0 Å². The van der Waals surface area contributed by atoms with Gasteiger partial charge in [-0.15, -0.1) is 0 Å². The van der Waals surface area contributed by atoms with Crippen LogP contribution in [-0.4, -0.2) is 87.6 Å². The predicted octanol–water partition coefficient (Wildman–Crippen LogP) is 1.12. The van der Waals surface area contributed by atoms with Gasteiger partial charge in [0, 0.05) is 32.9 Å². The molecule has 0 rings (SSSR count). The topological polar surface area (TPSA) is 120 Å². The van der Waals surface area contributed by atoms with E-state index in [1.165, 1.54) is 0 Å². The second-order valence-corrected chi connectivity index (χ2v) is 8.40. The zero-order valence-corrected chi connectivity index (χ0v) is 18.7. The lowest BCUT2D eigenvalue weighted by molar-refractivity contribution is -0.120. The van der Waals surface area contributed by atoms with Gasteiger partial charge in [-0.1, -0.05) is 0 Å². The van der Waals surface area contributed by atoms with Gasteiger partial charge in [0.25, 0.3) is 0 Å². The van der Waals surface area contributed by atoms with Crippen molar-refractivity contribution in [1.29, 1.82) is 0 Å². The molecule has 28 heavy (non-hydrogen) atoms. The van der Waals surface area contributed by atoms with Gasteiger partial charge in [-0.2, -0.15) is 0 Å². The normalized spacial score (nSPS) is 12.9. The molecule has 0 spiro atoms. The molecule has 1 atom stereocenters. The minimum Gasteiger partial charge on any atom is -0.382 e. The van der Waals surface area contributed by atoms with E-state index in [2.05, 4.69) is 5.32 Å². The summed E-state index contributed by atoms with van der Waals surface area (Å²) in [6, 6.07) is -0.000341. The van der Waals surface area contributed by atoms with Gasteiger partial charge >= 0.3 is 14.8 Å². The average Bonchev–Trinajstić information content (AvgIpc) is 2.64. The molecule has 2 amide bonds. The Labute approximate surface area is 169 Å². The Kier molecular flexibility index (Phi) is 17.7. The maximum Gasteiger partial charge on any atom is 0.502 e. The highest BCUT2D eigenvalue weighted by Gasteiger charge is 2.42. The number of carbonyl (C=O) groups is 1. The molecule has 10 nitrogen and oxygen atoms in total. The first-order valence-electron chi connectivity index (χ1n) is 9.74. The Morgan fingerprint density at radius 1 is 1.00 bits per heavy atom. The molecule has 11 heteroatoms. The minimum absolute atomic E-state index is 0.380. The van der Waals surface area contributed by atoms with Crippen molar-refractivity contribution in [2.24, 2.45) is 5.73 Å². The van der Waals surface area contributed by atoms with Crippen LogP contribution in [0.4, 0.5) is 4.79 Å². The molecule has 0 aromatic rings. The fourth-order valence-corrected chi connectivity index (χ4v) is 4.98. The lowest BCUT2D eigenvalue weighted by Gasteiger charge is -2.31. The SMILES string of the molecule is CCO[Si](CCCNC(N)=O)(OCC)OC(C)OCCOCCOCCOC. The summed E-state index contributed by atoms with van der Waals surface area (Å²) in [7, 11) is -1.28. The Balaban J connectivity index is 4.17. The van der Waals surface area contributed by atoms with Crippen molar-refractivity contribution in [3.05, 3.63) is 0 Å². The number of amides is 2. The molecule has 0 fully saturated rings. The zero-order valence-electron chi connectivity index (χ0n) is 17.7. The summed E-state index contributed by atoms with van der Waals surface area (Å²) in [5.41, 5.74) is 5.08. The molecule has 0 heterocycles. The number of nitrogens with two attached hydrogens (primary N) is 1. The maximum atomic E-state index is 10.8. The monoisotopic (exact) mass is 426 g/mol. The van der Waals surface area contributed by atoms with Crippen LogP contribution in [0.3, 0.4) is 0 Å². The first-order valence-corrected chi connectivity index (χ1v) is 11.7. The van der Waals surface area contributed by atoms with Crippen molar-refractivity contribution in [3.8, 4) is 0 Å². The second kappa shape index (κ2) is 18.2. The predicted molar refractivity (Wildman–Crippen MR) is 106 cm³/mol. The minimum atomic E-state index is -2.91. The number of primary amides is 1. The van der Waals surface area contributed by atoms with Crippen LogP contribution in [-0.2, 0) is 32.2 Å². The highest BCUT2D eigenvalue weighted by Crippen LogP contribution is 2.20. The van der Waals surface area contributed by atoms with Gasteiger partial charge in [-0.05, 0) is 27.2 Å². The van der Waals surface area contributed by atoms with Gasteiger partial charge in [0.2, 0.25) is 0 Å². The van der Waals surface area contributed by atoms with E-state index < -0.39 is 21.1 Å². The standard InChI is InChI=1S/C17H38N2O8Si/c1-5-25-28(26-6-2,15-7-8-19-17(18)20)27-16(3)24-14-13-23-12-11-22-10-9-21-4/h16H,5-15H2,1-4H3,(H3,18,19,20). The summed E-state index contributed by atoms with van der Waals surface area (Å²) in [6.07, 6.45) is 0.129. The van der Waals surface area contributed by atoms with Crippen molar-refractivity contribution in [1.82, 2.24) is 5.32 Å². The average molecular weight is 427 g/mol. The summed E-state index contributed by atoms with van der Waals surface area (Å²) in [5, 5.41) is 2.55. The van der Waals surface area contributed by atoms with Gasteiger partial charge in [-0.3, -0.25) is 0 Å². The molecule has 0 aromatic carbocycles. The molecule has 0 aliphatic carbocycles. The van der Waals surface area contributed by atoms with E-state index in [-0.39, 0.29) is 0 Å². The third kappa shape index (κ3) is 15.2. The van der Waals surface area contributed by atoms with Crippen molar-refractivity contribution in [3.63, 3.8) is 0 Å². The third-order valence-corrected chi connectivity index (χ3v) is 6.53. The second-order valence-electron chi connectivity index (χ2n) is 5.72. The molecule has 0 saturated carbocycles. The third-order valence-electron chi connectivity index (χ3n) is 3.42. The van der Waals surface area contributed by atoms with Crippen LogP contribution in [0.2, 0.25) is 6.04 Å². The van der Waals surface area contributed by atoms with Crippen LogP contribution in [0, 0.1) is 0 Å². The van der Waals surface area contributed by atoms with E-state index in [4.69, 9.17) is 38.0 Å². The smallest absolute Gasteiger partial charge is 0.382 e. The van der Waals surface area contributed by atoms with Crippen LogP contribution in [0.1, 0.15) is 27.2 Å². The molecule has 0 aromatic heterocycles. The molecule has 168 valence electrons. The Morgan fingerprint density at radius 3 is 2.11 bits per heavy atom. The lowest BCUT2D eigenvalue weighted by Crippen LogP contribution is -2.49. The molecular weight excluding hydrogens is 388 g/mol. The highest BCUT2D eigenvalue weighted by molar-refractivity contribution is 6.60. The van der Waals surface area contributed by atoms with Crippen LogP contribution < -0.4 is 11.1 Å². The number of carbonyl (C=O) groups excluding carboxylic acids is 1. The first-order chi connectivity index (χ1) is 13.5. The zero-order chi connectivity index (χ0) is 21.1. The van der Waals surface area contributed by atoms with Crippen LogP contribution in [0.5, 0.6) is 0 Å². The summed E-state index contributed by atoms with van der Waals surface area (Å²) >= 11 is 0. The number of ether oxygens (including phenoxy) is 4. The van der Waals surface area contributed by atoms with Crippen LogP contribution in [0.15, 0.2) is 0 Å². The van der Waals surface area contributed by atoms with E-state index in [0.717, 1.165) is 0 Å². The summed E-state index contributed by atoms with van der Waals surface area (Å²) in [5.74, 6) is 0. The van der Waals surface area contributed by atoms with Crippen molar-refractivity contribution in [2.75, 3.05) is 66.5 Å². The molecular formula is C17H38N2O8Si. The maximum absolute atomic E-state index is 10.8. The lowest BCUT2D eigenvalue weighted by atomic mass is 10.5. The Bertz CT molecular complexity index is 373. The first kappa shape index (κ1) is 27.2. The van der Waals surface area contributed by atoms with Crippen molar-refractivity contribution < 1.29 is 37.0 Å². The summed E-state index contributed by atoms with van der Waals surface area (Å²) in [6.45, 7) is 9.89. The molecule has 1 unspecified atom stereocenters. The molecule has 0 bridgehead atoms. The Morgan fingerprint density at radius 2 is 1.57 bits per heavy atom. The molecule has 0 aliphatic heterocycles. The molecule has 3 N–H and O–H groups in total.